The third-order valence-corrected chi connectivity index (χ3v) is 6.29. The Bertz CT molecular complexity index is 1310. The van der Waals surface area contributed by atoms with Crippen molar-refractivity contribution < 1.29 is 22.9 Å². The topological polar surface area (TPSA) is 119 Å². The monoisotopic (exact) mass is 503 g/mol. The van der Waals surface area contributed by atoms with Crippen molar-refractivity contribution in [2.24, 2.45) is 0 Å². The Morgan fingerprint density at radius 1 is 1.09 bits per heavy atom. The molecule has 178 valence electrons. The van der Waals surface area contributed by atoms with E-state index in [1.807, 2.05) is 18.2 Å². The highest BCUT2D eigenvalue weighted by Gasteiger charge is 2.23. The summed E-state index contributed by atoms with van der Waals surface area (Å²) in [5.41, 5.74) is 2.18. The first-order valence-corrected chi connectivity index (χ1v) is 12.2. The van der Waals surface area contributed by atoms with Gasteiger partial charge in [-0.15, -0.1) is 0 Å². The van der Waals surface area contributed by atoms with Crippen LogP contribution in [-0.4, -0.2) is 32.6 Å². The molecule has 3 aromatic carbocycles. The summed E-state index contributed by atoms with van der Waals surface area (Å²) >= 11 is 6.15. The Balaban J connectivity index is 1.80. The molecule has 0 aliphatic rings. The predicted molar refractivity (Wildman–Crippen MR) is 131 cm³/mol. The summed E-state index contributed by atoms with van der Waals surface area (Å²) < 4.78 is 31.0. The first kappa shape index (κ1) is 25.2. The van der Waals surface area contributed by atoms with Crippen molar-refractivity contribution in [1.29, 1.82) is 0 Å². The number of halogens is 1. The van der Waals surface area contributed by atoms with Crippen LogP contribution < -0.4 is 9.62 Å². The Hall–Kier alpha value is -3.47. The Kier molecular flexibility index (Phi) is 7.87. The molecule has 0 saturated heterocycles. The number of non-ortho nitro benzene ring substituents is 1. The van der Waals surface area contributed by atoms with Gasteiger partial charge in [-0.3, -0.25) is 19.2 Å². The van der Waals surface area contributed by atoms with E-state index in [1.54, 1.807) is 37.4 Å². The number of amides is 1. The molecular formula is C23H22ClN3O6S. The number of methoxy groups -OCH3 is 1. The lowest BCUT2D eigenvalue weighted by Crippen LogP contribution is -2.29. The molecule has 3 aromatic rings. The van der Waals surface area contributed by atoms with E-state index in [4.69, 9.17) is 16.3 Å². The first-order valence-electron chi connectivity index (χ1n) is 9.98. The molecule has 0 spiro atoms. The lowest BCUT2D eigenvalue weighted by Gasteiger charge is -2.23. The normalized spacial score (nSPS) is 11.1. The molecule has 3 rings (SSSR count). The molecule has 0 bridgehead atoms. The molecule has 1 N–H and O–H groups in total. The van der Waals surface area contributed by atoms with Crippen molar-refractivity contribution in [3.63, 3.8) is 0 Å². The number of carbonyl (C=O) groups excluding carboxylic acids is 1. The summed E-state index contributed by atoms with van der Waals surface area (Å²) in [6.45, 7) is 0.296. The van der Waals surface area contributed by atoms with Crippen LogP contribution in [0.1, 0.15) is 21.5 Å². The lowest BCUT2D eigenvalue weighted by atomic mass is 10.1. The second-order valence-electron chi connectivity index (χ2n) is 7.45. The summed E-state index contributed by atoms with van der Waals surface area (Å²) in [6, 6.07) is 17.2. The van der Waals surface area contributed by atoms with E-state index in [-0.39, 0.29) is 28.8 Å². The van der Waals surface area contributed by atoms with Crippen LogP contribution in [0.25, 0.3) is 0 Å². The molecule has 0 saturated carbocycles. The Labute approximate surface area is 202 Å². The minimum atomic E-state index is -3.82. The number of nitro groups is 1. The van der Waals surface area contributed by atoms with Gasteiger partial charge in [-0.25, -0.2) is 8.42 Å². The van der Waals surface area contributed by atoms with Gasteiger partial charge in [-0.2, -0.15) is 0 Å². The van der Waals surface area contributed by atoms with Crippen LogP contribution in [0.3, 0.4) is 0 Å². The fourth-order valence-corrected chi connectivity index (χ4v) is 4.38. The number of carbonyl (C=O) groups is 1. The minimum Gasteiger partial charge on any atom is -0.380 e. The van der Waals surface area contributed by atoms with Crippen molar-refractivity contribution in [3.05, 3.63) is 98.6 Å². The van der Waals surface area contributed by atoms with Crippen LogP contribution in [0.5, 0.6) is 0 Å². The van der Waals surface area contributed by atoms with E-state index in [1.165, 1.54) is 12.1 Å². The van der Waals surface area contributed by atoms with Crippen LogP contribution in [-0.2, 0) is 27.9 Å². The SMILES string of the molecule is COCc1cccc(NC(=O)c2ccc(CN(c3cc([N+](=O)[O-])ccc3Cl)S(C)(=O)=O)cc2)c1. The summed E-state index contributed by atoms with van der Waals surface area (Å²) in [5, 5.41) is 14.0. The maximum Gasteiger partial charge on any atom is 0.271 e. The van der Waals surface area contributed by atoms with E-state index in [9.17, 15) is 23.3 Å². The van der Waals surface area contributed by atoms with Crippen LogP contribution in [0.4, 0.5) is 17.1 Å². The molecule has 11 heteroatoms. The van der Waals surface area contributed by atoms with E-state index >= 15 is 0 Å². The number of hydrogen-bond acceptors (Lipinski definition) is 6. The molecule has 0 heterocycles. The molecule has 1 amide bonds. The fraction of sp³-hybridized carbons (Fsp3) is 0.174. The Morgan fingerprint density at radius 3 is 2.41 bits per heavy atom. The van der Waals surface area contributed by atoms with E-state index in [2.05, 4.69) is 5.32 Å². The molecule has 9 nitrogen and oxygen atoms in total. The van der Waals surface area contributed by atoms with Crippen LogP contribution in [0, 0.1) is 10.1 Å². The second-order valence-corrected chi connectivity index (χ2v) is 9.76. The largest absolute Gasteiger partial charge is 0.380 e. The van der Waals surface area contributed by atoms with Gasteiger partial charge in [0, 0.05) is 30.5 Å². The Morgan fingerprint density at radius 2 is 1.79 bits per heavy atom. The van der Waals surface area contributed by atoms with E-state index < -0.39 is 14.9 Å². The summed E-state index contributed by atoms with van der Waals surface area (Å²) in [5.74, 6) is -0.331. The smallest absolute Gasteiger partial charge is 0.271 e. The molecule has 0 fully saturated rings. The number of rotatable bonds is 9. The molecule has 0 aromatic heterocycles. The van der Waals surface area contributed by atoms with Gasteiger partial charge < -0.3 is 10.1 Å². The molecule has 0 unspecified atom stereocenters. The van der Waals surface area contributed by atoms with Crippen LogP contribution in [0.15, 0.2) is 66.7 Å². The van der Waals surface area contributed by atoms with Crippen molar-refractivity contribution in [2.45, 2.75) is 13.2 Å². The number of ether oxygens (including phenoxy) is 1. The molecule has 0 radical (unpaired) electrons. The van der Waals surface area contributed by atoms with E-state index in [0.717, 1.165) is 22.2 Å². The summed E-state index contributed by atoms with van der Waals surface area (Å²) in [7, 11) is -2.23. The maximum absolute atomic E-state index is 12.6. The number of nitro benzene ring substituents is 1. The van der Waals surface area contributed by atoms with Crippen molar-refractivity contribution in [2.75, 3.05) is 23.0 Å². The van der Waals surface area contributed by atoms with Crippen molar-refractivity contribution in [3.8, 4) is 0 Å². The summed E-state index contributed by atoms with van der Waals surface area (Å²) in [4.78, 5) is 23.1. The predicted octanol–water partition coefficient (Wildman–Crippen LogP) is 4.61. The number of hydrogen-bond donors (Lipinski definition) is 1. The summed E-state index contributed by atoms with van der Waals surface area (Å²) in [6.07, 6.45) is 0.988. The minimum absolute atomic E-state index is 0.00359. The van der Waals surface area contributed by atoms with Gasteiger partial charge in [0.1, 0.15) is 0 Å². The maximum atomic E-state index is 12.6. The lowest BCUT2D eigenvalue weighted by molar-refractivity contribution is -0.384. The van der Waals surface area contributed by atoms with Gasteiger partial charge in [-0.05, 0) is 41.5 Å². The van der Waals surface area contributed by atoms with E-state index in [0.29, 0.717) is 23.4 Å². The van der Waals surface area contributed by atoms with Crippen LogP contribution in [0.2, 0.25) is 5.02 Å². The van der Waals surface area contributed by atoms with Gasteiger partial charge in [0.05, 0.1) is 35.0 Å². The van der Waals surface area contributed by atoms with Crippen molar-refractivity contribution >= 4 is 44.6 Å². The zero-order valence-electron chi connectivity index (χ0n) is 18.4. The number of benzene rings is 3. The standard InChI is InChI=1S/C23H22ClN3O6S/c1-33-15-17-4-3-5-19(12-17)25-23(28)18-8-6-16(7-9-18)14-26(34(2,31)32)22-13-20(27(29)30)10-11-21(22)24/h3-13H,14-15H2,1-2H3,(H,25,28). The molecule has 0 aliphatic carbocycles. The van der Waals surface area contributed by atoms with Gasteiger partial charge in [0.25, 0.3) is 11.6 Å². The number of sulfonamides is 1. The average Bonchev–Trinajstić information content (AvgIpc) is 2.78. The number of anilines is 2. The fourth-order valence-electron chi connectivity index (χ4n) is 3.22. The number of nitrogens with zero attached hydrogens (tertiary/aromatic N) is 2. The van der Waals surface area contributed by atoms with Gasteiger partial charge in [0.2, 0.25) is 10.0 Å². The zero-order valence-corrected chi connectivity index (χ0v) is 20.0. The second kappa shape index (κ2) is 10.6. The van der Waals surface area contributed by atoms with Gasteiger partial charge in [0.15, 0.2) is 0 Å². The number of nitrogens with one attached hydrogen (secondary N) is 1. The molecule has 34 heavy (non-hydrogen) atoms. The quantitative estimate of drug-likeness (QED) is 0.336. The molecule has 0 atom stereocenters. The first-order chi connectivity index (χ1) is 16.1. The third kappa shape index (κ3) is 6.31. The van der Waals surface area contributed by atoms with Gasteiger partial charge in [-0.1, -0.05) is 35.9 Å². The van der Waals surface area contributed by atoms with Crippen molar-refractivity contribution in [1.82, 2.24) is 0 Å². The highest BCUT2D eigenvalue weighted by atomic mass is 35.5. The zero-order chi connectivity index (χ0) is 24.9. The van der Waals surface area contributed by atoms with Crippen LogP contribution >= 0.6 is 11.6 Å². The third-order valence-electron chi connectivity index (χ3n) is 4.85. The van der Waals surface area contributed by atoms with Gasteiger partial charge >= 0.3 is 0 Å². The molecule has 0 aliphatic heterocycles. The molecular weight excluding hydrogens is 482 g/mol. The highest BCUT2D eigenvalue weighted by Crippen LogP contribution is 2.32. The highest BCUT2D eigenvalue weighted by molar-refractivity contribution is 7.92. The average molecular weight is 504 g/mol.